The number of carbonyl (C=O) groups excluding carboxylic acids is 1. The molecule has 0 radical (unpaired) electrons. The summed E-state index contributed by atoms with van der Waals surface area (Å²) in [7, 11) is 0. The molecule has 0 bridgehead atoms. The Morgan fingerprint density at radius 2 is 1.75 bits per heavy atom. The molecule has 146 valence electrons. The van der Waals surface area contributed by atoms with Gasteiger partial charge >= 0.3 is 0 Å². The van der Waals surface area contributed by atoms with E-state index in [9.17, 15) is 14.0 Å². The number of hydrogen-bond acceptors (Lipinski definition) is 3. The lowest BCUT2D eigenvalue weighted by molar-refractivity contribution is 0.0945. The first-order valence-electron chi connectivity index (χ1n) is 9.62. The lowest BCUT2D eigenvalue weighted by Crippen LogP contribution is -2.30. The van der Waals surface area contributed by atoms with Crippen LogP contribution in [0.25, 0.3) is 10.8 Å². The van der Waals surface area contributed by atoms with Gasteiger partial charge in [0.15, 0.2) is 5.69 Å². The Kier molecular flexibility index (Phi) is 6.53. The molecular weight excluding hydrogens is 357 g/mol. The summed E-state index contributed by atoms with van der Waals surface area (Å²) < 4.78 is 14.4. The van der Waals surface area contributed by atoms with Crippen LogP contribution in [0.3, 0.4) is 0 Å². The lowest BCUT2D eigenvalue weighted by Gasteiger charge is -2.11. The first-order chi connectivity index (χ1) is 13.6. The maximum atomic E-state index is 13.0. The summed E-state index contributed by atoms with van der Waals surface area (Å²) in [4.78, 5) is 25.5. The second-order valence-electron chi connectivity index (χ2n) is 6.79. The second-order valence-corrected chi connectivity index (χ2v) is 6.79. The number of amides is 1. The van der Waals surface area contributed by atoms with Crippen molar-refractivity contribution in [2.75, 3.05) is 0 Å². The van der Waals surface area contributed by atoms with Crippen LogP contribution in [0.15, 0.2) is 53.3 Å². The van der Waals surface area contributed by atoms with Gasteiger partial charge in [0.1, 0.15) is 5.82 Å². The van der Waals surface area contributed by atoms with E-state index in [1.807, 2.05) is 0 Å². The molecule has 1 amide bonds. The van der Waals surface area contributed by atoms with E-state index in [1.165, 1.54) is 16.8 Å². The fourth-order valence-electron chi connectivity index (χ4n) is 3.11. The van der Waals surface area contributed by atoms with Crippen LogP contribution in [0.1, 0.15) is 48.7 Å². The highest BCUT2D eigenvalue weighted by Crippen LogP contribution is 2.14. The molecule has 6 heteroatoms. The van der Waals surface area contributed by atoms with E-state index in [2.05, 4.69) is 17.3 Å². The summed E-state index contributed by atoms with van der Waals surface area (Å²) in [6.45, 7) is 2.87. The Morgan fingerprint density at radius 1 is 1.04 bits per heavy atom. The van der Waals surface area contributed by atoms with Crippen LogP contribution in [0.2, 0.25) is 0 Å². The molecule has 3 aromatic rings. The molecule has 0 atom stereocenters. The summed E-state index contributed by atoms with van der Waals surface area (Å²) in [6.07, 6.45) is 4.07. The van der Waals surface area contributed by atoms with Gasteiger partial charge in [-0.3, -0.25) is 9.59 Å². The highest BCUT2D eigenvalue weighted by molar-refractivity contribution is 6.04. The molecule has 1 aromatic heterocycles. The molecule has 0 saturated heterocycles. The van der Waals surface area contributed by atoms with Crippen LogP contribution in [-0.4, -0.2) is 15.7 Å². The standard InChI is InChI=1S/C22H24FN3O2/c1-2-3-4-7-14-26-22(28)19-9-6-5-8-18(19)20(25-26)21(27)24-15-16-10-12-17(23)13-11-16/h5-6,8-13H,2-4,7,14-15H2,1H3,(H,24,27). The molecule has 0 aliphatic carbocycles. The van der Waals surface area contributed by atoms with Crippen molar-refractivity contribution in [3.05, 3.63) is 76.0 Å². The molecule has 0 fully saturated rings. The number of benzene rings is 2. The van der Waals surface area contributed by atoms with Crippen LogP contribution >= 0.6 is 0 Å². The number of nitrogens with zero attached hydrogens (tertiary/aromatic N) is 2. The third-order valence-electron chi connectivity index (χ3n) is 4.67. The van der Waals surface area contributed by atoms with Gasteiger partial charge < -0.3 is 5.32 Å². The van der Waals surface area contributed by atoms with Crippen molar-refractivity contribution < 1.29 is 9.18 Å². The fourth-order valence-corrected chi connectivity index (χ4v) is 3.11. The Morgan fingerprint density at radius 3 is 2.46 bits per heavy atom. The van der Waals surface area contributed by atoms with E-state index in [0.717, 1.165) is 31.2 Å². The molecule has 0 aliphatic heterocycles. The average Bonchev–Trinajstić information content (AvgIpc) is 2.72. The predicted molar refractivity (Wildman–Crippen MR) is 108 cm³/mol. The van der Waals surface area contributed by atoms with E-state index in [4.69, 9.17) is 0 Å². The number of halogens is 1. The zero-order valence-corrected chi connectivity index (χ0v) is 16.0. The average molecular weight is 381 g/mol. The maximum Gasteiger partial charge on any atom is 0.274 e. The smallest absolute Gasteiger partial charge is 0.274 e. The van der Waals surface area contributed by atoms with Crippen LogP contribution in [-0.2, 0) is 13.1 Å². The third kappa shape index (κ3) is 4.63. The van der Waals surface area contributed by atoms with E-state index < -0.39 is 0 Å². The highest BCUT2D eigenvalue weighted by Gasteiger charge is 2.16. The summed E-state index contributed by atoms with van der Waals surface area (Å²) in [6, 6.07) is 13.0. The minimum Gasteiger partial charge on any atom is -0.347 e. The highest BCUT2D eigenvalue weighted by atomic mass is 19.1. The predicted octanol–water partition coefficient (Wildman–Crippen LogP) is 4.05. The van der Waals surface area contributed by atoms with Crippen molar-refractivity contribution >= 4 is 16.7 Å². The molecule has 0 saturated carbocycles. The maximum absolute atomic E-state index is 13.0. The van der Waals surface area contributed by atoms with Crippen LogP contribution in [0.5, 0.6) is 0 Å². The molecular formula is C22H24FN3O2. The normalized spacial score (nSPS) is 10.9. The summed E-state index contributed by atoms with van der Waals surface area (Å²) in [5, 5.41) is 8.19. The Balaban J connectivity index is 1.85. The van der Waals surface area contributed by atoms with Crippen LogP contribution < -0.4 is 10.9 Å². The number of aromatic nitrogens is 2. The summed E-state index contributed by atoms with van der Waals surface area (Å²) in [5.41, 5.74) is 0.835. The van der Waals surface area contributed by atoms with Gasteiger partial charge in [-0.2, -0.15) is 5.10 Å². The van der Waals surface area contributed by atoms with Gasteiger partial charge in [-0.05, 0) is 30.2 Å². The Labute approximate surface area is 163 Å². The van der Waals surface area contributed by atoms with Crippen molar-refractivity contribution in [3.8, 4) is 0 Å². The van der Waals surface area contributed by atoms with E-state index in [1.54, 1.807) is 36.4 Å². The van der Waals surface area contributed by atoms with Crippen molar-refractivity contribution in [1.29, 1.82) is 0 Å². The molecule has 1 N–H and O–H groups in total. The largest absolute Gasteiger partial charge is 0.347 e. The van der Waals surface area contributed by atoms with Crippen LogP contribution in [0.4, 0.5) is 4.39 Å². The number of rotatable bonds is 8. The molecule has 3 rings (SSSR count). The molecule has 0 aliphatic rings. The third-order valence-corrected chi connectivity index (χ3v) is 4.67. The molecule has 1 heterocycles. The molecule has 0 spiro atoms. The number of unbranched alkanes of at least 4 members (excludes halogenated alkanes) is 3. The van der Waals surface area contributed by atoms with Crippen molar-refractivity contribution in [1.82, 2.24) is 15.1 Å². The Bertz CT molecular complexity index is 1010. The molecule has 28 heavy (non-hydrogen) atoms. The number of hydrogen-bond donors (Lipinski definition) is 1. The van der Waals surface area contributed by atoms with Gasteiger partial charge in [0.25, 0.3) is 11.5 Å². The van der Waals surface area contributed by atoms with E-state index in [0.29, 0.717) is 17.3 Å². The summed E-state index contributed by atoms with van der Waals surface area (Å²) >= 11 is 0. The van der Waals surface area contributed by atoms with Gasteiger partial charge in [-0.1, -0.05) is 56.5 Å². The lowest BCUT2D eigenvalue weighted by atomic mass is 10.1. The van der Waals surface area contributed by atoms with E-state index in [-0.39, 0.29) is 29.5 Å². The van der Waals surface area contributed by atoms with Crippen molar-refractivity contribution in [2.24, 2.45) is 0 Å². The van der Waals surface area contributed by atoms with Crippen molar-refractivity contribution in [3.63, 3.8) is 0 Å². The number of fused-ring (bicyclic) bond motifs is 1. The Hall–Kier alpha value is -3.02. The van der Waals surface area contributed by atoms with Gasteiger partial charge in [-0.25, -0.2) is 9.07 Å². The number of nitrogens with one attached hydrogen (secondary N) is 1. The van der Waals surface area contributed by atoms with Gasteiger partial charge in [-0.15, -0.1) is 0 Å². The minimum absolute atomic E-state index is 0.179. The van der Waals surface area contributed by atoms with E-state index >= 15 is 0 Å². The molecule has 2 aromatic carbocycles. The minimum atomic E-state index is -0.358. The van der Waals surface area contributed by atoms with Crippen molar-refractivity contribution in [2.45, 2.75) is 45.7 Å². The topological polar surface area (TPSA) is 64.0 Å². The quantitative estimate of drug-likeness (QED) is 0.599. The van der Waals surface area contributed by atoms with Gasteiger partial charge in [0, 0.05) is 18.5 Å². The van der Waals surface area contributed by atoms with Gasteiger partial charge in [0.2, 0.25) is 0 Å². The number of aryl methyl sites for hydroxylation is 1. The first kappa shape index (κ1) is 19.7. The fraction of sp³-hybridized carbons (Fsp3) is 0.318. The number of carbonyl (C=O) groups is 1. The second kappa shape index (κ2) is 9.26. The monoisotopic (exact) mass is 381 g/mol. The summed E-state index contributed by atoms with van der Waals surface area (Å²) in [5.74, 6) is -0.680. The molecule has 5 nitrogen and oxygen atoms in total. The zero-order valence-electron chi connectivity index (χ0n) is 16.0. The van der Waals surface area contributed by atoms with Gasteiger partial charge in [0.05, 0.1) is 5.39 Å². The first-order valence-corrected chi connectivity index (χ1v) is 9.62. The SMILES string of the molecule is CCCCCCn1nc(C(=O)NCc2ccc(F)cc2)c2ccccc2c1=O. The molecule has 0 unspecified atom stereocenters. The zero-order chi connectivity index (χ0) is 19.9. The van der Waals surface area contributed by atoms with Crippen LogP contribution in [0, 0.1) is 5.82 Å².